The van der Waals surface area contributed by atoms with Crippen LogP contribution in [0.1, 0.15) is 21.5 Å². The Balaban J connectivity index is 1.22. The smallest absolute Gasteiger partial charge is 0.255 e. The summed E-state index contributed by atoms with van der Waals surface area (Å²) >= 11 is 0. The monoisotopic (exact) mass is 485 g/mol. The number of pyridine rings is 1. The molecule has 0 fully saturated rings. The summed E-state index contributed by atoms with van der Waals surface area (Å²) in [6.07, 6.45) is 0. The zero-order chi connectivity index (χ0) is 24.9. The number of ether oxygens (including phenoxy) is 2. The fourth-order valence-electron chi connectivity index (χ4n) is 3.83. The number of amides is 1. The van der Waals surface area contributed by atoms with Crippen molar-refractivity contribution >= 4 is 23.1 Å². The summed E-state index contributed by atoms with van der Waals surface area (Å²) in [6.45, 7) is 0.383. The molecule has 1 amide bonds. The average molecular weight is 486 g/mol. The number of nitrogens with zero attached hydrogens (tertiary/aromatic N) is 1. The molecular weight excluding hydrogens is 461 g/mol. The molecule has 1 aliphatic rings. The molecule has 36 heavy (non-hydrogen) atoms. The molecule has 0 spiro atoms. The van der Waals surface area contributed by atoms with Gasteiger partial charge in [0.2, 0.25) is 0 Å². The second-order valence-corrected chi connectivity index (χ2v) is 8.11. The van der Waals surface area contributed by atoms with Crippen LogP contribution >= 0.6 is 0 Å². The Morgan fingerprint density at radius 2 is 1.81 bits per heavy atom. The molecule has 3 aromatic carbocycles. The van der Waals surface area contributed by atoms with Crippen molar-refractivity contribution in [3.05, 3.63) is 101 Å². The van der Waals surface area contributed by atoms with Crippen LogP contribution in [0.4, 0.5) is 21.6 Å². The maximum absolute atomic E-state index is 14.7. The Hall–Kier alpha value is -4.47. The first-order valence-corrected chi connectivity index (χ1v) is 11.3. The summed E-state index contributed by atoms with van der Waals surface area (Å²) in [6, 6.07) is 22.9. The molecule has 1 aliphatic heterocycles. The van der Waals surface area contributed by atoms with E-state index in [-0.39, 0.29) is 12.5 Å². The predicted octanol–water partition coefficient (Wildman–Crippen LogP) is 5.12. The highest BCUT2D eigenvalue weighted by atomic mass is 19.1. The van der Waals surface area contributed by atoms with Gasteiger partial charge in [-0.15, -0.1) is 5.53 Å². The number of aromatic nitrogens is 1. The molecule has 0 atom stereocenters. The maximum Gasteiger partial charge on any atom is 0.255 e. The third kappa shape index (κ3) is 5.12. The van der Waals surface area contributed by atoms with Crippen molar-refractivity contribution in [1.82, 2.24) is 10.5 Å². The Bertz CT molecular complexity index is 1410. The van der Waals surface area contributed by atoms with E-state index in [4.69, 9.17) is 9.47 Å². The van der Waals surface area contributed by atoms with E-state index in [1.165, 1.54) is 6.07 Å². The van der Waals surface area contributed by atoms with Crippen molar-refractivity contribution in [3.8, 4) is 17.0 Å². The van der Waals surface area contributed by atoms with Crippen molar-refractivity contribution in [2.45, 2.75) is 13.2 Å². The highest BCUT2D eigenvalue weighted by Gasteiger charge is 2.14. The molecule has 0 saturated carbocycles. The first kappa shape index (κ1) is 23.3. The van der Waals surface area contributed by atoms with Crippen molar-refractivity contribution in [2.75, 3.05) is 23.3 Å². The number of hydrogen-bond acceptors (Lipinski definition) is 7. The number of methoxy groups -OCH3 is 1. The molecule has 0 bridgehead atoms. The van der Waals surface area contributed by atoms with E-state index in [2.05, 4.69) is 26.7 Å². The first-order valence-electron chi connectivity index (χ1n) is 11.3. The zero-order valence-corrected chi connectivity index (χ0v) is 19.5. The van der Waals surface area contributed by atoms with E-state index in [1.54, 1.807) is 37.4 Å². The number of fused-ring (bicyclic) bond motifs is 1. The van der Waals surface area contributed by atoms with Gasteiger partial charge in [0.25, 0.3) is 5.91 Å². The van der Waals surface area contributed by atoms with Crippen LogP contribution in [-0.4, -0.2) is 18.0 Å². The molecule has 1 aromatic heterocycles. The Morgan fingerprint density at radius 3 is 2.67 bits per heavy atom. The number of halogens is 1. The van der Waals surface area contributed by atoms with E-state index >= 15 is 0 Å². The molecule has 182 valence electrons. The van der Waals surface area contributed by atoms with Crippen LogP contribution in [0.25, 0.3) is 11.3 Å². The van der Waals surface area contributed by atoms with Crippen LogP contribution in [0, 0.1) is 5.82 Å². The normalized spacial score (nSPS) is 11.8. The van der Waals surface area contributed by atoms with Gasteiger partial charge in [0.05, 0.1) is 31.7 Å². The molecule has 9 heteroatoms. The van der Waals surface area contributed by atoms with Crippen LogP contribution < -0.4 is 26.4 Å². The summed E-state index contributed by atoms with van der Waals surface area (Å²) in [4.78, 5) is 17.4. The number of carbonyl (C=O) groups is 1. The predicted molar refractivity (Wildman–Crippen MR) is 136 cm³/mol. The number of hydrazine groups is 2. The summed E-state index contributed by atoms with van der Waals surface area (Å²) < 4.78 is 25.7. The van der Waals surface area contributed by atoms with Gasteiger partial charge < -0.3 is 20.2 Å². The van der Waals surface area contributed by atoms with Crippen LogP contribution in [-0.2, 0) is 18.0 Å². The number of para-hydroxylation sites is 1. The van der Waals surface area contributed by atoms with Crippen molar-refractivity contribution in [2.24, 2.45) is 0 Å². The van der Waals surface area contributed by atoms with Gasteiger partial charge in [0.1, 0.15) is 11.6 Å². The van der Waals surface area contributed by atoms with Gasteiger partial charge in [0.15, 0.2) is 5.82 Å². The minimum atomic E-state index is -0.460. The number of benzene rings is 3. The highest BCUT2D eigenvalue weighted by molar-refractivity contribution is 6.05. The third-order valence-corrected chi connectivity index (χ3v) is 5.71. The Morgan fingerprint density at radius 1 is 0.944 bits per heavy atom. The SMILES string of the molecule is COc1ccccc1COCc1ccc(NC(=O)c2cccc(-c3ccc4c(n3)NNN4)c2)cc1F. The lowest BCUT2D eigenvalue weighted by Crippen LogP contribution is -2.19. The van der Waals surface area contributed by atoms with Crippen molar-refractivity contribution < 1.29 is 18.7 Å². The molecule has 8 nitrogen and oxygen atoms in total. The number of nitrogens with one attached hydrogen (secondary N) is 4. The standard InChI is InChI=1S/C27H24FN5O3/c1-35-25-8-3-2-5-20(25)16-36-15-19-9-10-21(14-22(19)28)29-27(34)18-7-4-6-17(13-18)23-11-12-24-26(30-23)32-33-31-24/h2-14,31,33H,15-16H2,1H3,(H,29,34)(H,30,32). The lowest BCUT2D eigenvalue weighted by atomic mass is 10.1. The quantitative estimate of drug-likeness (QED) is 0.275. The van der Waals surface area contributed by atoms with E-state index in [9.17, 15) is 9.18 Å². The highest BCUT2D eigenvalue weighted by Crippen LogP contribution is 2.27. The summed E-state index contributed by atoms with van der Waals surface area (Å²) in [5.74, 6) is 0.584. The van der Waals surface area contributed by atoms with Gasteiger partial charge in [-0.05, 0) is 42.5 Å². The van der Waals surface area contributed by atoms with Gasteiger partial charge in [-0.3, -0.25) is 10.2 Å². The molecule has 0 radical (unpaired) electrons. The zero-order valence-electron chi connectivity index (χ0n) is 19.5. The summed E-state index contributed by atoms with van der Waals surface area (Å²) in [7, 11) is 1.60. The largest absolute Gasteiger partial charge is 0.496 e. The lowest BCUT2D eigenvalue weighted by Gasteiger charge is -2.11. The Kier molecular flexibility index (Phi) is 6.74. The fourth-order valence-corrected chi connectivity index (χ4v) is 3.83. The topological polar surface area (TPSA) is 96.5 Å². The second-order valence-electron chi connectivity index (χ2n) is 8.11. The van der Waals surface area contributed by atoms with Gasteiger partial charge in [0, 0.05) is 27.9 Å². The van der Waals surface area contributed by atoms with Gasteiger partial charge in [-0.25, -0.2) is 9.37 Å². The van der Waals surface area contributed by atoms with Gasteiger partial charge >= 0.3 is 0 Å². The minimum Gasteiger partial charge on any atom is -0.496 e. The fraction of sp³-hybridized carbons (Fsp3) is 0.111. The Labute approximate surface area is 207 Å². The minimum absolute atomic E-state index is 0.0911. The molecule has 0 unspecified atom stereocenters. The van der Waals surface area contributed by atoms with E-state index in [1.807, 2.05) is 42.5 Å². The van der Waals surface area contributed by atoms with Crippen LogP contribution in [0.5, 0.6) is 5.75 Å². The number of anilines is 3. The van der Waals surface area contributed by atoms with Crippen LogP contribution in [0.2, 0.25) is 0 Å². The van der Waals surface area contributed by atoms with Crippen LogP contribution in [0.15, 0.2) is 78.9 Å². The molecule has 4 aromatic rings. The molecular formula is C27H24FN5O3. The molecule has 0 saturated heterocycles. The number of hydrogen-bond donors (Lipinski definition) is 4. The van der Waals surface area contributed by atoms with E-state index < -0.39 is 5.82 Å². The summed E-state index contributed by atoms with van der Waals surface area (Å²) in [5, 5.41) is 2.75. The van der Waals surface area contributed by atoms with Crippen molar-refractivity contribution in [1.29, 1.82) is 0 Å². The summed E-state index contributed by atoms with van der Waals surface area (Å²) in [5.41, 5.74) is 13.0. The second kappa shape index (κ2) is 10.4. The molecule has 2 heterocycles. The number of rotatable bonds is 8. The van der Waals surface area contributed by atoms with Crippen LogP contribution in [0.3, 0.4) is 0 Å². The van der Waals surface area contributed by atoms with Gasteiger partial charge in [-0.2, -0.15) is 0 Å². The molecule has 4 N–H and O–H groups in total. The van der Waals surface area contributed by atoms with E-state index in [0.29, 0.717) is 34.9 Å². The maximum atomic E-state index is 14.7. The first-order chi connectivity index (χ1) is 17.6. The average Bonchev–Trinajstić information content (AvgIpc) is 3.38. The molecule has 5 rings (SSSR count). The lowest BCUT2D eigenvalue weighted by molar-refractivity contribution is 0.102. The van der Waals surface area contributed by atoms with Crippen molar-refractivity contribution in [3.63, 3.8) is 0 Å². The van der Waals surface area contributed by atoms with E-state index in [0.717, 1.165) is 22.6 Å². The third-order valence-electron chi connectivity index (χ3n) is 5.71. The number of carbonyl (C=O) groups excluding carboxylic acids is 1. The van der Waals surface area contributed by atoms with Gasteiger partial charge in [-0.1, -0.05) is 36.4 Å². The molecule has 0 aliphatic carbocycles.